The Kier molecular flexibility index (Phi) is 9.03. The molecule has 1 aliphatic carbocycles. The second-order valence-corrected chi connectivity index (χ2v) is 12.8. The van der Waals surface area contributed by atoms with Crippen LogP contribution < -0.4 is 24.8 Å². The van der Waals surface area contributed by atoms with Gasteiger partial charge in [0.1, 0.15) is 23.9 Å². The molecule has 2 aliphatic heterocycles. The minimum Gasteiger partial charge on any atom is -0.497 e. The first-order valence-electron chi connectivity index (χ1n) is 16.7. The molecule has 10 heteroatoms. The van der Waals surface area contributed by atoms with Crippen molar-refractivity contribution in [1.82, 2.24) is 15.5 Å². The first-order valence-corrected chi connectivity index (χ1v) is 16.7. The lowest BCUT2D eigenvalue weighted by Crippen LogP contribution is -2.47. The number of aliphatic hydroxyl groups is 1. The Hall–Kier alpha value is -5.61. The fourth-order valence-corrected chi connectivity index (χ4v) is 7.37. The average Bonchev–Trinajstić information content (AvgIpc) is 3.39. The quantitative estimate of drug-likeness (QED) is 0.218. The molecule has 256 valence electrons. The van der Waals surface area contributed by atoms with Gasteiger partial charge < -0.3 is 34.9 Å². The van der Waals surface area contributed by atoms with Crippen molar-refractivity contribution in [2.75, 3.05) is 20.8 Å². The summed E-state index contributed by atoms with van der Waals surface area (Å²) in [7, 11) is 3.15. The van der Waals surface area contributed by atoms with Crippen molar-refractivity contribution in [1.29, 1.82) is 0 Å². The smallest absolute Gasteiger partial charge is 0.252 e. The molecule has 0 aromatic heterocycles. The molecule has 0 fully saturated rings. The number of ether oxygens (including phenoxy) is 3. The zero-order valence-electron chi connectivity index (χ0n) is 27.9. The largest absolute Gasteiger partial charge is 0.497 e. The van der Waals surface area contributed by atoms with Gasteiger partial charge in [-0.05, 0) is 53.4 Å². The number of nitrogens with one attached hydrogen (secondary N) is 2. The Balaban J connectivity index is 1.20. The first kappa shape index (κ1) is 32.9. The van der Waals surface area contributed by atoms with Crippen molar-refractivity contribution in [2.24, 2.45) is 0 Å². The van der Waals surface area contributed by atoms with Gasteiger partial charge in [0, 0.05) is 30.6 Å². The highest BCUT2D eigenvalue weighted by Gasteiger charge is 2.53. The van der Waals surface area contributed by atoms with Gasteiger partial charge in [0.25, 0.3) is 5.91 Å². The Morgan fingerprint density at radius 1 is 0.860 bits per heavy atom. The third-order valence-corrected chi connectivity index (χ3v) is 9.96. The monoisotopic (exact) mass is 673 g/mol. The number of amides is 3. The van der Waals surface area contributed by atoms with Crippen LogP contribution in [-0.2, 0) is 21.5 Å². The maximum atomic E-state index is 14.7. The van der Waals surface area contributed by atoms with E-state index in [0.717, 1.165) is 11.1 Å². The number of aliphatic hydroxyl groups excluding tert-OH is 1. The van der Waals surface area contributed by atoms with E-state index in [4.69, 9.17) is 14.2 Å². The minimum absolute atomic E-state index is 0.281. The Bertz CT molecular complexity index is 1910. The molecule has 4 unspecified atom stereocenters. The van der Waals surface area contributed by atoms with Gasteiger partial charge in [0.05, 0.1) is 25.7 Å². The maximum absolute atomic E-state index is 14.7. The standard InChI is InChI=1S/C40H39N3O7/c1-48-30-16-13-27(14-17-30)37(45)41-34(25-9-5-3-6-10-25)38(46)42-35(26-11-7-4-8-12-26)39(47)43-22-21-40-20-19-29(44)23-32(40)50-36-31(49-2)18-15-28(24-43)33(36)40/h3-20,29,32,34-35,44H,21-24H2,1-2H3,(H,41,45)(H,42,46)/t29-,32?,34?,35?,40?/m0/s1. The van der Waals surface area contributed by atoms with Crippen molar-refractivity contribution < 1.29 is 33.7 Å². The minimum atomic E-state index is -1.09. The van der Waals surface area contributed by atoms with E-state index < -0.39 is 35.4 Å². The molecule has 4 aromatic carbocycles. The van der Waals surface area contributed by atoms with Gasteiger partial charge >= 0.3 is 0 Å². The van der Waals surface area contributed by atoms with Gasteiger partial charge in [0.15, 0.2) is 11.5 Å². The molecule has 0 radical (unpaired) electrons. The number of rotatable bonds is 9. The molecule has 4 aromatic rings. The van der Waals surface area contributed by atoms with E-state index in [1.165, 1.54) is 0 Å². The predicted octanol–water partition coefficient (Wildman–Crippen LogP) is 4.78. The molecular formula is C40H39N3O7. The summed E-state index contributed by atoms with van der Waals surface area (Å²) in [4.78, 5) is 44.2. The number of carbonyl (C=O) groups is 3. The third kappa shape index (κ3) is 6.07. The van der Waals surface area contributed by atoms with Crippen LogP contribution in [0.2, 0.25) is 0 Å². The van der Waals surface area contributed by atoms with Crippen LogP contribution in [-0.4, -0.2) is 60.7 Å². The molecule has 7 rings (SSSR count). The van der Waals surface area contributed by atoms with E-state index >= 15 is 0 Å². The summed E-state index contributed by atoms with van der Waals surface area (Å²) in [5, 5.41) is 16.4. The van der Waals surface area contributed by atoms with E-state index in [-0.39, 0.29) is 18.6 Å². The van der Waals surface area contributed by atoms with Crippen LogP contribution in [0, 0.1) is 0 Å². The molecule has 0 saturated carbocycles. The van der Waals surface area contributed by atoms with Gasteiger partial charge in [-0.3, -0.25) is 14.4 Å². The Morgan fingerprint density at radius 2 is 1.54 bits per heavy atom. The van der Waals surface area contributed by atoms with Gasteiger partial charge in [0.2, 0.25) is 11.8 Å². The topological polar surface area (TPSA) is 126 Å². The number of methoxy groups -OCH3 is 2. The normalized spacial score (nSPS) is 21.4. The molecule has 10 nitrogen and oxygen atoms in total. The summed E-state index contributed by atoms with van der Waals surface area (Å²) in [6.07, 6.45) is 3.88. The van der Waals surface area contributed by atoms with Gasteiger partial charge in [-0.15, -0.1) is 0 Å². The van der Waals surface area contributed by atoms with Crippen LogP contribution in [0.25, 0.3) is 0 Å². The third-order valence-electron chi connectivity index (χ3n) is 9.96. The van der Waals surface area contributed by atoms with Crippen molar-refractivity contribution >= 4 is 17.7 Å². The van der Waals surface area contributed by atoms with Crippen molar-refractivity contribution in [2.45, 2.75) is 49.1 Å². The van der Waals surface area contributed by atoms with Crippen molar-refractivity contribution in [3.63, 3.8) is 0 Å². The van der Waals surface area contributed by atoms with Crippen molar-refractivity contribution in [3.8, 4) is 17.2 Å². The summed E-state index contributed by atoms with van der Waals surface area (Å²) >= 11 is 0. The molecule has 3 aliphatic rings. The van der Waals surface area contributed by atoms with E-state index in [0.29, 0.717) is 53.3 Å². The van der Waals surface area contributed by atoms with Crippen LogP contribution in [0.15, 0.2) is 109 Å². The average molecular weight is 674 g/mol. The summed E-state index contributed by atoms with van der Waals surface area (Å²) in [6.45, 7) is 0.667. The summed E-state index contributed by atoms with van der Waals surface area (Å²) in [5.74, 6) is 0.602. The second kappa shape index (κ2) is 13.7. The number of hydrogen-bond donors (Lipinski definition) is 3. The molecule has 3 amide bonds. The zero-order valence-corrected chi connectivity index (χ0v) is 27.9. The lowest BCUT2D eigenvalue weighted by atomic mass is 9.69. The number of hydrogen-bond acceptors (Lipinski definition) is 7. The highest BCUT2D eigenvalue weighted by atomic mass is 16.5. The fraction of sp³-hybridized carbons (Fsp3) is 0.275. The van der Waals surface area contributed by atoms with E-state index in [2.05, 4.69) is 10.6 Å². The Morgan fingerprint density at radius 3 is 2.20 bits per heavy atom. The van der Waals surface area contributed by atoms with Gasteiger partial charge in [-0.1, -0.05) is 78.9 Å². The Labute approximate surface area is 290 Å². The summed E-state index contributed by atoms with van der Waals surface area (Å²) in [5.41, 5.74) is 2.90. The molecule has 0 saturated heterocycles. The van der Waals surface area contributed by atoms with Crippen molar-refractivity contribution in [3.05, 3.63) is 137 Å². The highest BCUT2D eigenvalue weighted by Crippen LogP contribution is 2.55. The lowest BCUT2D eigenvalue weighted by molar-refractivity contribution is -0.137. The molecule has 3 N–H and O–H groups in total. The molecule has 1 spiro atoms. The SMILES string of the molecule is COc1ccc(C(=O)NC(C(=O)NC(C(=O)N2CCC34C=C[C@H](O)CC3Oc3c(OC)ccc(c34)C2)c2ccccc2)c2ccccc2)cc1. The molecular weight excluding hydrogens is 634 g/mol. The molecule has 5 atom stereocenters. The number of benzene rings is 4. The fourth-order valence-electron chi connectivity index (χ4n) is 7.37. The first-order chi connectivity index (χ1) is 24.3. The molecule has 50 heavy (non-hydrogen) atoms. The van der Waals surface area contributed by atoms with Crippen LogP contribution in [0.5, 0.6) is 17.2 Å². The van der Waals surface area contributed by atoms with Crippen LogP contribution in [0.4, 0.5) is 0 Å². The van der Waals surface area contributed by atoms with Crippen LogP contribution in [0.3, 0.4) is 0 Å². The summed E-state index contributed by atoms with van der Waals surface area (Å²) in [6, 6.07) is 26.4. The van der Waals surface area contributed by atoms with E-state index in [9.17, 15) is 19.5 Å². The number of nitrogens with zero attached hydrogens (tertiary/aromatic N) is 1. The predicted molar refractivity (Wildman–Crippen MR) is 186 cm³/mol. The van der Waals surface area contributed by atoms with Gasteiger partial charge in [-0.2, -0.15) is 0 Å². The van der Waals surface area contributed by atoms with Crippen LogP contribution >= 0.6 is 0 Å². The van der Waals surface area contributed by atoms with Gasteiger partial charge in [-0.25, -0.2) is 0 Å². The summed E-state index contributed by atoms with van der Waals surface area (Å²) < 4.78 is 17.3. The van der Waals surface area contributed by atoms with Crippen LogP contribution in [0.1, 0.15) is 57.5 Å². The van der Waals surface area contributed by atoms with E-state index in [1.54, 1.807) is 67.7 Å². The maximum Gasteiger partial charge on any atom is 0.252 e. The lowest BCUT2D eigenvalue weighted by Gasteiger charge is -2.36. The highest BCUT2D eigenvalue weighted by molar-refractivity contribution is 5.99. The second-order valence-electron chi connectivity index (χ2n) is 12.8. The van der Waals surface area contributed by atoms with E-state index in [1.807, 2.05) is 60.7 Å². The molecule has 2 heterocycles. The zero-order chi connectivity index (χ0) is 34.8. The number of carbonyl (C=O) groups excluding carboxylic acids is 3. The molecule has 0 bridgehead atoms.